The normalized spacial score (nSPS) is 29.7. The van der Waals surface area contributed by atoms with E-state index in [1.54, 1.807) is 0 Å². The van der Waals surface area contributed by atoms with Crippen LogP contribution in [0.3, 0.4) is 0 Å². The quantitative estimate of drug-likeness (QED) is 0.595. The number of likely N-dealkylation sites (N-methyl/N-ethyl adjacent to an activating group) is 1. The van der Waals surface area contributed by atoms with Crippen LogP contribution in [0.5, 0.6) is 0 Å². The van der Waals surface area contributed by atoms with Crippen molar-refractivity contribution in [2.45, 2.75) is 45.2 Å². The summed E-state index contributed by atoms with van der Waals surface area (Å²) in [7, 11) is 2.24. The molecule has 4 nitrogen and oxygen atoms in total. The zero-order valence-corrected chi connectivity index (χ0v) is 12.7. The lowest BCUT2D eigenvalue weighted by atomic mass is 9.93. The summed E-state index contributed by atoms with van der Waals surface area (Å²) in [6.45, 7) is 13.6. The number of nitrogens with zero attached hydrogens (tertiary/aromatic N) is 1. The van der Waals surface area contributed by atoms with Gasteiger partial charge in [-0.3, -0.25) is 4.90 Å². The molecule has 0 radical (unpaired) electrons. The van der Waals surface area contributed by atoms with Crippen molar-refractivity contribution in [1.29, 1.82) is 0 Å². The highest BCUT2D eigenvalue weighted by Gasteiger charge is 2.29. The summed E-state index contributed by atoms with van der Waals surface area (Å²) in [6, 6.07) is 0.512. The second-order valence-electron chi connectivity index (χ2n) is 5.96. The molecule has 1 aliphatic rings. The zero-order chi connectivity index (χ0) is 13.4. The Morgan fingerprint density at radius 1 is 0.944 bits per heavy atom. The van der Waals surface area contributed by atoms with Crippen LogP contribution in [0.15, 0.2) is 0 Å². The van der Waals surface area contributed by atoms with E-state index < -0.39 is 0 Å². The van der Waals surface area contributed by atoms with Crippen LogP contribution in [0, 0.1) is 0 Å². The van der Waals surface area contributed by atoms with Crippen molar-refractivity contribution < 1.29 is 0 Å². The third kappa shape index (κ3) is 5.22. The number of hydrogen-bond donors (Lipinski definition) is 3. The highest BCUT2D eigenvalue weighted by atomic mass is 15.2. The van der Waals surface area contributed by atoms with Gasteiger partial charge < -0.3 is 16.0 Å². The molecule has 3 N–H and O–H groups in total. The van der Waals surface area contributed by atoms with E-state index in [1.165, 1.54) is 12.8 Å². The molecule has 1 atom stereocenters. The Balaban J connectivity index is 2.47. The van der Waals surface area contributed by atoms with Gasteiger partial charge in [-0.2, -0.15) is 0 Å². The first kappa shape index (κ1) is 15.9. The van der Waals surface area contributed by atoms with Gasteiger partial charge in [-0.1, -0.05) is 0 Å². The van der Waals surface area contributed by atoms with Crippen LogP contribution in [-0.4, -0.2) is 62.8 Å². The minimum atomic E-state index is 0.206. The monoisotopic (exact) mass is 256 g/mol. The summed E-state index contributed by atoms with van der Waals surface area (Å²) >= 11 is 0. The first-order chi connectivity index (χ1) is 8.55. The van der Waals surface area contributed by atoms with E-state index in [0.29, 0.717) is 6.04 Å². The Morgan fingerprint density at radius 3 is 2.22 bits per heavy atom. The van der Waals surface area contributed by atoms with Crippen LogP contribution in [0.4, 0.5) is 0 Å². The van der Waals surface area contributed by atoms with Gasteiger partial charge in [-0.05, 0) is 66.8 Å². The molecule has 1 rings (SSSR count). The zero-order valence-electron chi connectivity index (χ0n) is 12.7. The maximum Gasteiger partial charge on any atom is 0.0300 e. The van der Waals surface area contributed by atoms with E-state index >= 15 is 0 Å². The molecule has 0 amide bonds. The van der Waals surface area contributed by atoms with Gasteiger partial charge in [0.1, 0.15) is 0 Å². The van der Waals surface area contributed by atoms with E-state index in [-0.39, 0.29) is 5.54 Å². The molecule has 1 unspecified atom stereocenters. The standard InChI is InChI=1S/C14H32N4/c1-13-14(2,3)18(4)12-6-8-16-11-10-15-7-5-9-17-13/h13,15-17H,5-12H2,1-4H3. The van der Waals surface area contributed by atoms with Crippen molar-refractivity contribution in [3.05, 3.63) is 0 Å². The molecular weight excluding hydrogens is 224 g/mol. The van der Waals surface area contributed by atoms with Gasteiger partial charge in [0, 0.05) is 24.7 Å². The second kappa shape index (κ2) is 8.10. The van der Waals surface area contributed by atoms with E-state index in [4.69, 9.17) is 0 Å². The van der Waals surface area contributed by atoms with Crippen LogP contribution in [0.25, 0.3) is 0 Å². The fourth-order valence-corrected chi connectivity index (χ4v) is 2.27. The predicted octanol–water partition coefficient (Wildman–Crippen LogP) is 0.648. The van der Waals surface area contributed by atoms with Gasteiger partial charge in [0.05, 0.1) is 0 Å². The summed E-state index contributed by atoms with van der Waals surface area (Å²) in [4.78, 5) is 2.48. The Bertz CT molecular complexity index is 198. The van der Waals surface area contributed by atoms with Gasteiger partial charge in [0.2, 0.25) is 0 Å². The van der Waals surface area contributed by atoms with E-state index in [0.717, 1.165) is 39.3 Å². The van der Waals surface area contributed by atoms with Crippen molar-refractivity contribution in [2.24, 2.45) is 0 Å². The molecule has 0 bridgehead atoms. The molecule has 1 heterocycles. The predicted molar refractivity (Wildman–Crippen MR) is 79.1 cm³/mol. The largest absolute Gasteiger partial charge is 0.315 e. The molecule has 18 heavy (non-hydrogen) atoms. The van der Waals surface area contributed by atoms with Crippen molar-refractivity contribution in [1.82, 2.24) is 20.9 Å². The van der Waals surface area contributed by atoms with Crippen molar-refractivity contribution in [2.75, 3.05) is 46.3 Å². The molecule has 0 saturated carbocycles. The molecule has 1 saturated heterocycles. The molecule has 1 fully saturated rings. The molecule has 1 aliphatic heterocycles. The first-order valence-electron chi connectivity index (χ1n) is 7.41. The maximum absolute atomic E-state index is 3.66. The second-order valence-corrected chi connectivity index (χ2v) is 5.96. The SMILES string of the molecule is CC1NCCCNCCNCCCN(C)C1(C)C. The topological polar surface area (TPSA) is 39.3 Å². The van der Waals surface area contributed by atoms with Gasteiger partial charge in [0.15, 0.2) is 0 Å². The Morgan fingerprint density at radius 2 is 1.56 bits per heavy atom. The molecule has 0 aromatic rings. The van der Waals surface area contributed by atoms with E-state index in [9.17, 15) is 0 Å². The lowest BCUT2D eigenvalue weighted by molar-refractivity contribution is 0.114. The molecule has 0 aromatic heterocycles. The summed E-state index contributed by atoms with van der Waals surface area (Å²) < 4.78 is 0. The third-order valence-electron chi connectivity index (χ3n) is 4.35. The van der Waals surface area contributed by atoms with Crippen LogP contribution in [0.1, 0.15) is 33.6 Å². The van der Waals surface area contributed by atoms with Crippen LogP contribution >= 0.6 is 0 Å². The highest BCUT2D eigenvalue weighted by molar-refractivity contribution is 4.89. The molecule has 0 spiro atoms. The molecule has 0 aliphatic carbocycles. The number of rotatable bonds is 0. The lowest BCUT2D eigenvalue weighted by Gasteiger charge is -2.41. The fourth-order valence-electron chi connectivity index (χ4n) is 2.27. The van der Waals surface area contributed by atoms with Crippen LogP contribution in [-0.2, 0) is 0 Å². The Kier molecular flexibility index (Phi) is 7.15. The highest BCUT2D eigenvalue weighted by Crippen LogP contribution is 2.17. The molecule has 4 heteroatoms. The summed E-state index contributed by atoms with van der Waals surface area (Å²) in [5.41, 5.74) is 0.206. The van der Waals surface area contributed by atoms with E-state index in [1.807, 2.05) is 0 Å². The summed E-state index contributed by atoms with van der Waals surface area (Å²) in [5, 5.41) is 10.6. The van der Waals surface area contributed by atoms with Gasteiger partial charge in [0.25, 0.3) is 0 Å². The molecule has 108 valence electrons. The van der Waals surface area contributed by atoms with Crippen LogP contribution < -0.4 is 16.0 Å². The van der Waals surface area contributed by atoms with Crippen molar-refractivity contribution >= 4 is 0 Å². The van der Waals surface area contributed by atoms with Crippen molar-refractivity contribution in [3.63, 3.8) is 0 Å². The number of nitrogens with one attached hydrogen (secondary N) is 3. The minimum absolute atomic E-state index is 0.206. The van der Waals surface area contributed by atoms with Crippen LogP contribution in [0.2, 0.25) is 0 Å². The fraction of sp³-hybridized carbons (Fsp3) is 1.00. The van der Waals surface area contributed by atoms with Crippen molar-refractivity contribution in [3.8, 4) is 0 Å². The molecule has 0 aromatic carbocycles. The van der Waals surface area contributed by atoms with Gasteiger partial charge >= 0.3 is 0 Å². The third-order valence-corrected chi connectivity index (χ3v) is 4.35. The summed E-state index contributed by atoms with van der Waals surface area (Å²) in [5.74, 6) is 0. The minimum Gasteiger partial charge on any atom is -0.315 e. The number of hydrogen-bond acceptors (Lipinski definition) is 4. The lowest BCUT2D eigenvalue weighted by Crippen LogP contribution is -2.55. The average Bonchev–Trinajstić information content (AvgIpc) is 2.34. The summed E-state index contributed by atoms with van der Waals surface area (Å²) in [6.07, 6.45) is 2.41. The van der Waals surface area contributed by atoms with E-state index in [2.05, 4.69) is 48.7 Å². The smallest absolute Gasteiger partial charge is 0.0300 e. The Labute approximate surface area is 113 Å². The first-order valence-corrected chi connectivity index (χ1v) is 7.41. The van der Waals surface area contributed by atoms with Gasteiger partial charge in [-0.15, -0.1) is 0 Å². The van der Waals surface area contributed by atoms with Gasteiger partial charge in [-0.25, -0.2) is 0 Å². The molecular formula is C14H32N4. The Hall–Kier alpha value is -0.160. The average molecular weight is 256 g/mol. The maximum atomic E-state index is 3.66.